The molecule has 6 rings (SSSR count). The van der Waals surface area contributed by atoms with Gasteiger partial charge in [0.15, 0.2) is 5.65 Å². The summed E-state index contributed by atoms with van der Waals surface area (Å²) in [6.07, 6.45) is 6.67. The minimum absolute atomic E-state index is 0.00602. The molecule has 0 aliphatic carbocycles. The summed E-state index contributed by atoms with van der Waals surface area (Å²) in [5.41, 5.74) is 6.08. The molecule has 0 saturated carbocycles. The predicted molar refractivity (Wildman–Crippen MR) is 144 cm³/mol. The molecule has 1 aromatic carbocycles. The van der Waals surface area contributed by atoms with Crippen molar-refractivity contribution in [2.45, 2.75) is 26.3 Å². The van der Waals surface area contributed by atoms with Crippen molar-refractivity contribution >= 4 is 40.0 Å². The Kier molecular flexibility index (Phi) is 5.95. The van der Waals surface area contributed by atoms with E-state index in [1.807, 2.05) is 19.2 Å². The minimum Gasteiger partial charge on any atom is -0.465 e. The molecule has 5 aromatic rings. The molecular weight excluding hydrogens is 482 g/mol. The van der Waals surface area contributed by atoms with Crippen LogP contribution in [-0.2, 0) is 6.42 Å². The molecule has 192 valence electrons. The molecule has 11 nitrogen and oxygen atoms in total. The van der Waals surface area contributed by atoms with Gasteiger partial charge in [-0.15, -0.1) is 0 Å². The zero-order chi connectivity index (χ0) is 26.2. The number of carbonyl (C=O) groups is 1. The Morgan fingerprint density at radius 1 is 1.08 bits per heavy atom. The van der Waals surface area contributed by atoms with Crippen LogP contribution in [-0.4, -0.2) is 71.3 Å². The van der Waals surface area contributed by atoms with Crippen molar-refractivity contribution in [1.29, 1.82) is 0 Å². The number of amides is 1. The lowest BCUT2D eigenvalue weighted by atomic mass is 10.0. The van der Waals surface area contributed by atoms with Gasteiger partial charge in [0.1, 0.15) is 24.3 Å². The van der Waals surface area contributed by atoms with Gasteiger partial charge in [-0.3, -0.25) is 0 Å². The number of anilines is 3. The molecule has 0 bridgehead atoms. The van der Waals surface area contributed by atoms with Gasteiger partial charge in [-0.1, -0.05) is 6.07 Å². The summed E-state index contributed by atoms with van der Waals surface area (Å²) >= 11 is 0. The van der Waals surface area contributed by atoms with E-state index in [1.165, 1.54) is 27.9 Å². The van der Waals surface area contributed by atoms with E-state index >= 15 is 0 Å². The summed E-state index contributed by atoms with van der Waals surface area (Å²) in [6.45, 7) is 5.57. The molecular formula is C27H27N9O2. The first-order chi connectivity index (χ1) is 18.4. The molecule has 2 N–H and O–H groups in total. The minimum atomic E-state index is -0.888. The number of rotatable bonds is 5. The number of aryl methyl sites for hydroxylation is 1. The molecule has 1 fully saturated rings. The SMILES string of the molecule is Cc1cc(Nc2ncnc3cnc(N4CCN(C(=O)O)C[C@@H]4C)cc23)ccc1Cc1ccn2ncnc2c1. The molecule has 1 saturated heterocycles. The fraction of sp³-hybridized carbons (Fsp3) is 0.259. The highest BCUT2D eigenvalue weighted by Crippen LogP contribution is 2.28. The lowest BCUT2D eigenvalue weighted by molar-refractivity contribution is 0.136. The molecule has 0 unspecified atom stereocenters. The van der Waals surface area contributed by atoms with Gasteiger partial charge in [-0.05, 0) is 67.3 Å². The van der Waals surface area contributed by atoms with E-state index in [9.17, 15) is 9.90 Å². The van der Waals surface area contributed by atoms with Crippen LogP contribution in [0.2, 0.25) is 0 Å². The number of carboxylic acid groups (broad SMARTS) is 1. The highest BCUT2D eigenvalue weighted by atomic mass is 16.4. The second-order valence-corrected chi connectivity index (χ2v) is 9.59. The Balaban J connectivity index is 1.23. The quantitative estimate of drug-likeness (QED) is 0.363. The van der Waals surface area contributed by atoms with Crippen LogP contribution in [0.5, 0.6) is 0 Å². The Bertz CT molecular complexity index is 1650. The average Bonchev–Trinajstić information content (AvgIpc) is 3.38. The number of pyridine rings is 2. The van der Waals surface area contributed by atoms with Crippen LogP contribution >= 0.6 is 0 Å². The van der Waals surface area contributed by atoms with Gasteiger partial charge < -0.3 is 20.2 Å². The summed E-state index contributed by atoms with van der Waals surface area (Å²) in [6, 6.07) is 12.4. The Labute approximate surface area is 218 Å². The van der Waals surface area contributed by atoms with Crippen molar-refractivity contribution in [2.75, 3.05) is 29.9 Å². The van der Waals surface area contributed by atoms with Crippen molar-refractivity contribution in [3.8, 4) is 0 Å². The normalized spacial score (nSPS) is 15.8. The number of hydrogen-bond donors (Lipinski definition) is 2. The predicted octanol–water partition coefficient (Wildman–Crippen LogP) is 3.90. The third-order valence-electron chi connectivity index (χ3n) is 7.04. The molecule has 1 aliphatic heterocycles. The maximum Gasteiger partial charge on any atom is 0.407 e. The van der Waals surface area contributed by atoms with E-state index in [4.69, 9.17) is 0 Å². The van der Waals surface area contributed by atoms with Crippen molar-refractivity contribution < 1.29 is 9.90 Å². The van der Waals surface area contributed by atoms with E-state index in [2.05, 4.69) is 72.5 Å². The van der Waals surface area contributed by atoms with E-state index in [0.717, 1.165) is 34.5 Å². The number of piperazine rings is 1. The Morgan fingerprint density at radius 3 is 2.79 bits per heavy atom. The number of nitrogens with one attached hydrogen (secondary N) is 1. The van der Waals surface area contributed by atoms with Gasteiger partial charge in [0, 0.05) is 42.9 Å². The molecule has 5 heterocycles. The van der Waals surface area contributed by atoms with Gasteiger partial charge >= 0.3 is 6.09 Å². The van der Waals surface area contributed by atoms with Gasteiger partial charge in [-0.2, -0.15) is 5.10 Å². The lowest BCUT2D eigenvalue weighted by Gasteiger charge is -2.39. The number of aromatic nitrogens is 6. The molecule has 38 heavy (non-hydrogen) atoms. The molecule has 11 heteroatoms. The topological polar surface area (TPSA) is 125 Å². The molecule has 1 atom stereocenters. The molecule has 4 aromatic heterocycles. The highest BCUT2D eigenvalue weighted by Gasteiger charge is 2.27. The van der Waals surface area contributed by atoms with E-state index in [1.54, 1.807) is 17.0 Å². The first kappa shape index (κ1) is 23.6. The van der Waals surface area contributed by atoms with Crippen molar-refractivity contribution in [3.05, 3.63) is 78.1 Å². The third kappa shape index (κ3) is 4.54. The van der Waals surface area contributed by atoms with Crippen molar-refractivity contribution in [1.82, 2.24) is 34.4 Å². The second kappa shape index (κ2) is 9.58. The first-order valence-corrected chi connectivity index (χ1v) is 12.4. The van der Waals surface area contributed by atoms with E-state index < -0.39 is 6.09 Å². The van der Waals surface area contributed by atoms with Gasteiger partial charge in [0.2, 0.25) is 0 Å². The monoisotopic (exact) mass is 509 g/mol. The van der Waals surface area contributed by atoms with Crippen LogP contribution in [0.3, 0.4) is 0 Å². The van der Waals surface area contributed by atoms with Crippen LogP contribution in [0.15, 0.2) is 61.4 Å². The largest absolute Gasteiger partial charge is 0.465 e. The van der Waals surface area contributed by atoms with Crippen LogP contribution in [0, 0.1) is 6.92 Å². The maximum absolute atomic E-state index is 11.4. The number of fused-ring (bicyclic) bond motifs is 2. The van der Waals surface area contributed by atoms with Gasteiger partial charge in [0.25, 0.3) is 0 Å². The summed E-state index contributed by atoms with van der Waals surface area (Å²) in [5, 5.41) is 17.8. The van der Waals surface area contributed by atoms with Crippen LogP contribution in [0.4, 0.5) is 22.1 Å². The number of hydrogen-bond acceptors (Lipinski definition) is 8. The Hall–Kier alpha value is -4.80. The average molecular weight is 510 g/mol. The zero-order valence-corrected chi connectivity index (χ0v) is 21.1. The van der Waals surface area contributed by atoms with Gasteiger partial charge in [-0.25, -0.2) is 29.2 Å². The van der Waals surface area contributed by atoms with E-state index in [0.29, 0.717) is 25.5 Å². The highest BCUT2D eigenvalue weighted by molar-refractivity contribution is 5.92. The summed E-state index contributed by atoms with van der Waals surface area (Å²) in [7, 11) is 0. The number of benzene rings is 1. The van der Waals surface area contributed by atoms with Crippen LogP contribution in [0.1, 0.15) is 23.6 Å². The summed E-state index contributed by atoms with van der Waals surface area (Å²) in [5.74, 6) is 1.48. The molecule has 1 amide bonds. The van der Waals surface area contributed by atoms with Crippen molar-refractivity contribution in [2.24, 2.45) is 0 Å². The second-order valence-electron chi connectivity index (χ2n) is 9.59. The van der Waals surface area contributed by atoms with Gasteiger partial charge in [0.05, 0.1) is 11.7 Å². The molecule has 1 aliphatic rings. The third-order valence-corrected chi connectivity index (χ3v) is 7.04. The maximum atomic E-state index is 11.4. The first-order valence-electron chi connectivity index (χ1n) is 12.4. The fourth-order valence-corrected chi connectivity index (χ4v) is 4.97. The van der Waals surface area contributed by atoms with E-state index in [-0.39, 0.29) is 6.04 Å². The summed E-state index contributed by atoms with van der Waals surface area (Å²) < 4.78 is 1.76. The van der Waals surface area contributed by atoms with Crippen molar-refractivity contribution in [3.63, 3.8) is 0 Å². The zero-order valence-electron chi connectivity index (χ0n) is 21.1. The molecule has 0 radical (unpaired) electrons. The lowest BCUT2D eigenvalue weighted by Crippen LogP contribution is -2.53. The molecule has 0 spiro atoms. The number of nitrogens with zero attached hydrogens (tertiary/aromatic N) is 8. The van der Waals surface area contributed by atoms with Crippen LogP contribution < -0.4 is 10.2 Å². The smallest absolute Gasteiger partial charge is 0.407 e. The summed E-state index contributed by atoms with van der Waals surface area (Å²) in [4.78, 5) is 32.7. The fourth-order valence-electron chi connectivity index (χ4n) is 4.97. The standard InChI is InChI=1S/C27H27N9O2/c1-17-9-21(4-3-20(17)10-19-5-6-36-25(11-19)30-16-32-36)33-26-22-12-24(28-13-23(22)29-15-31-26)35-8-7-34(27(37)38)14-18(35)2/h3-6,9,11-13,15-16,18H,7-8,10,14H2,1-2H3,(H,37,38)(H,29,31,33)/t18-/m0/s1. The Morgan fingerprint density at radius 2 is 1.97 bits per heavy atom. The van der Waals surface area contributed by atoms with Crippen LogP contribution in [0.25, 0.3) is 16.6 Å².